The molecule has 1 aliphatic heterocycles. The highest BCUT2D eigenvalue weighted by atomic mass is 19.1. The first kappa shape index (κ1) is 20.9. The van der Waals surface area contributed by atoms with Gasteiger partial charge in [-0.05, 0) is 49.1 Å². The molecule has 5 heteroatoms. The quantitative estimate of drug-likeness (QED) is 0.446. The van der Waals surface area contributed by atoms with E-state index in [1.54, 1.807) is 19.1 Å². The van der Waals surface area contributed by atoms with Gasteiger partial charge in [-0.25, -0.2) is 4.39 Å². The molecule has 0 aromatic heterocycles. The van der Waals surface area contributed by atoms with Gasteiger partial charge in [0.25, 0.3) is 0 Å². The fraction of sp³-hybridized carbons (Fsp3) is 0.269. The largest absolute Gasteiger partial charge is 0.489 e. The number of hydrogen-bond donors (Lipinski definition) is 0. The Kier molecular flexibility index (Phi) is 6.51. The summed E-state index contributed by atoms with van der Waals surface area (Å²) >= 11 is 0. The van der Waals surface area contributed by atoms with Crippen LogP contribution in [-0.4, -0.2) is 19.1 Å². The topological polar surface area (TPSA) is 38.8 Å². The molecule has 0 bridgehead atoms. The Morgan fingerprint density at radius 1 is 1.03 bits per heavy atom. The van der Waals surface area contributed by atoms with E-state index in [4.69, 9.17) is 9.47 Å². The zero-order valence-electron chi connectivity index (χ0n) is 17.6. The summed E-state index contributed by atoms with van der Waals surface area (Å²) in [6.07, 6.45) is 1.46. The van der Waals surface area contributed by atoms with Crippen LogP contribution in [-0.2, 0) is 29.0 Å². The molecule has 3 aromatic carbocycles. The summed E-state index contributed by atoms with van der Waals surface area (Å²) in [5.41, 5.74) is 5.19. The molecule has 0 saturated heterocycles. The minimum absolute atomic E-state index is 0.163. The molecule has 0 unspecified atom stereocenters. The maximum atomic E-state index is 14.5. The van der Waals surface area contributed by atoms with Gasteiger partial charge in [0.05, 0.1) is 12.3 Å². The summed E-state index contributed by atoms with van der Waals surface area (Å²) in [6.45, 7) is 3.37. The Bertz CT molecular complexity index is 1050. The van der Waals surface area contributed by atoms with Crippen molar-refractivity contribution in [2.45, 2.75) is 32.8 Å². The fourth-order valence-corrected chi connectivity index (χ4v) is 3.97. The molecule has 0 spiro atoms. The van der Waals surface area contributed by atoms with E-state index in [-0.39, 0.29) is 18.2 Å². The van der Waals surface area contributed by atoms with Gasteiger partial charge in [0.2, 0.25) is 0 Å². The number of carbonyl (C=O) groups excluding carboxylic acids is 1. The van der Waals surface area contributed by atoms with E-state index in [2.05, 4.69) is 29.2 Å². The number of para-hydroxylation sites is 2. The molecule has 0 fully saturated rings. The highest BCUT2D eigenvalue weighted by Gasteiger charge is 2.23. The van der Waals surface area contributed by atoms with Crippen LogP contribution in [0.4, 0.5) is 15.8 Å². The van der Waals surface area contributed by atoms with Crippen molar-refractivity contribution in [3.05, 3.63) is 89.2 Å². The predicted octanol–water partition coefficient (Wildman–Crippen LogP) is 5.59. The van der Waals surface area contributed by atoms with Crippen molar-refractivity contribution in [3.63, 3.8) is 0 Å². The zero-order valence-corrected chi connectivity index (χ0v) is 17.6. The van der Waals surface area contributed by atoms with Crippen LogP contribution in [0.2, 0.25) is 0 Å². The lowest BCUT2D eigenvalue weighted by Crippen LogP contribution is -2.15. The van der Waals surface area contributed by atoms with Crippen LogP contribution < -0.4 is 9.64 Å². The van der Waals surface area contributed by atoms with Crippen molar-refractivity contribution in [3.8, 4) is 5.75 Å². The van der Waals surface area contributed by atoms with Gasteiger partial charge < -0.3 is 14.4 Å². The van der Waals surface area contributed by atoms with E-state index in [1.807, 2.05) is 24.3 Å². The zero-order chi connectivity index (χ0) is 21.6. The van der Waals surface area contributed by atoms with Crippen molar-refractivity contribution < 1.29 is 18.7 Å². The molecular formula is C26H26FNO3. The van der Waals surface area contributed by atoms with Crippen molar-refractivity contribution >= 4 is 17.3 Å². The van der Waals surface area contributed by atoms with Gasteiger partial charge in [-0.15, -0.1) is 0 Å². The van der Waals surface area contributed by atoms with Crippen molar-refractivity contribution in [2.75, 3.05) is 18.1 Å². The maximum Gasteiger partial charge on any atom is 0.306 e. The lowest BCUT2D eigenvalue weighted by Gasteiger charge is -2.22. The molecule has 3 aromatic rings. The van der Waals surface area contributed by atoms with Gasteiger partial charge in [-0.1, -0.05) is 42.5 Å². The molecule has 0 saturated carbocycles. The van der Waals surface area contributed by atoms with Gasteiger partial charge in [-0.3, -0.25) is 4.79 Å². The molecule has 1 heterocycles. The number of ether oxygens (including phenoxy) is 2. The number of rotatable bonds is 8. The van der Waals surface area contributed by atoms with E-state index < -0.39 is 0 Å². The number of nitrogens with zero attached hydrogens (tertiary/aromatic N) is 1. The van der Waals surface area contributed by atoms with E-state index >= 15 is 0 Å². The second-order valence-electron chi connectivity index (χ2n) is 7.51. The van der Waals surface area contributed by atoms with E-state index in [0.717, 1.165) is 24.2 Å². The Morgan fingerprint density at radius 3 is 2.65 bits per heavy atom. The van der Waals surface area contributed by atoms with Crippen LogP contribution in [0.25, 0.3) is 0 Å². The minimum atomic E-state index is -0.369. The average Bonchev–Trinajstić information content (AvgIpc) is 3.23. The Labute approximate surface area is 182 Å². The predicted molar refractivity (Wildman–Crippen MR) is 119 cm³/mol. The van der Waals surface area contributed by atoms with Crippen LogP contribution in [0.3, 0.4) is 0 Å². The first-order chi connectivity index (χ1) is 15.2. The molecule has 0 aliphatic carbocycles. The highest BCUT2D eigenvalue weighted by molar-refractivity contribution is 5.73. The third kappa shape index (κ3) is 4.88. The smallest absolute Gasteiger partial charge is 0.306 e. The lowest BCUT2D eigenvalue weighted by atomic mass is 10.1. The minimum Gasteiger partial charge on any atom is -0.489 e. The Balaban J connectivity index is 1.45. The third-order valence-corrected chi connectivity index (χ3v) is 5.47. The van der Waals surface area contributed by atoms with Crippen molar-refractivity contribution in [1.82, 2.24) is 0 Å². The van der Waals surface area contributed by atoms with Gasteiger partial charge >= 0.3 is 5.97 Å². The Hall–Kier alpha value is -3.34. The maximum absolute atomic E-state index is 14.5. The molecule has 0 N–H and O–H groups in total. The molecule has 0 amide bonds. The molecule has 0 atom stereocenters. The standard InChI is InChI=1S/C26H26FNO3/c1-2-30-25(29)14-12-19-11-13-23(17-24(19)27)31-18-21-8-6-7-20-15-16-28(26(20)21)22-9-4-3-5-10-22/h3-11,13,17H,2,12,14-16,18H2,1H3. The van der Waals surface area contributed by atoms with Crippen LogP contribution in [0.15, 0.2) is 66.7 Å². The van der Waals surface area contributed by atoms with Crippen LogP contribution >= 0.6 is 0 Å². The van der Waals surface area contributed by atoms with Gasteiger partial charge in [-0.2, -0.15) is 0 Å². The number of anilines is 2. The molecule has 0 radical (unpaired) electrons. The number of hydrogen-bond acceptors (Lipinski definition) is 4. The summed E-state index contributed by atoms with van der Waals surface area (Å²) in [5, 5.41) is 0. The van der Waals surface area contributed by atoms with E-state index in [0.29, 0.717) is 30.9 Å². The second-order valence-corrected chi connectivity index (χ2v) is 7.51. The van der Waals surface area contributed by atoms with Crippen LogP contribution in [0.5, 0.6) is 5.75 Å². The fourth-order valence-electron chi connectivity index (χ4n) is 3.97. The number of fused-ring (bicyclic) bond motifs is 1. The number of halogens is 1. The lowest BCUT2D eigenvalue weighted by molar-refractivity contribution is -0.143. The monoisotopic (exact) mass is 419 g/mol. The average molecular weight is 419 g/mol. The van der Waals surface area contributed by atoms with Gasteiger partial charge in [0, 0.05) is 30.3 Å². The summed E-state index contributed by atoms with van der Waals surface area (Å²) in [7, 11) is 0. The first-order valence-electron chi connectivity index (χ1n) is 10.7. The second kappa shape index (κ2) is 9.65. The van der Waals surface area contributed by atoms with E-state index in [1.165, 1.54) is 17.3 Å². The highest BCUT2D eigenvalue weighted by Crippen LogP contribution is 2.37. The molecule has 31 heavy (non-hydrogen) atoms. The first-order valence-corrected chi connectivity index (χ1v) is 10.7. The molecule has 4 nitrogen and oxygen atoms in total. The Morgan fingerprint density at radius 2 is 1.87 bits per heavy atom. The third-order valence-electron chi connectivity index (χ3n) is 5.47. The number of carbonyl (C=O) groups is 1. The summed E-state index contributed by atoms with van der Waals surface area (Å²) in [4.78, 5) is 13.8. The molecule has 160 valence electrons. The summed E-state index contributed by atoms with van der Waals surface area (Å²) < 4.78 is 25.3. The number of esters is 1. The normalized spacial score (nSPS) is 12.5. The summed E-state index contributed by atoms with van der Waals surface area (Å²) in [6, 6.07) is 21.4. The van der Waals surface area contributed by atoms with Crippen LogP contribution in [0, 0.1) is 5.82 Å². The van der Waals surface area contributed by atoms with E-state index in [9.17, 15) is 9.18 Å². The number of aryl methyl sites for hydroxylation is 1. The number of benzene rings is 3. The van der Waals surface area contributed by atoms with Gasteiger partial charge in [0.15, 0.2) is 0 Å². The van der Waals surface area contributed by atoms with Crippen molar-refractivity contribution in [2.24, 2.45) is 0 Å². The summed E-state index contributed by atoms with van der Waals surface area (Å²) in [5.74, 6) is -0.214. The molecular weight excluding hydrogens is 393 g/mol. The molecule has 1 aliphatic rings. The van der Waals surface area contributed by atoms with Crippen LogP contribution in [0.1, 0.15) is 30.0 Å². The SMILES string of the molecule is CCOC(=O)CCc1ccc(OCc2cccc3c2N(c2ccccc2)CC3)cc1F. The van der Waals surface area contributed by atoms with Gasteiger partial charge in [0.1, 0.15) is 18.2 Å². The molecule has 4 rings (SSSR count). The van der Waals surface area contributed by atoms with Crippen molar-refractivity contribution in [1.29, 1.82) is 0 Å².